The van der Waals surface area contributed by atoms with Crippen LogP contribution in [0.1, 0.15) is 26.3 Å². The first-order valence-electron chi connectivity index (χ1n) is 6.16. The molecule has 0 saturated carbocycles. The summed E-state index contributed by atoms with van der Waals surface area (Å²) >= 11 is 8.25. The number of benzene rings is 1. The van der Waals surface area contributed by atoms with Gasteiger partial charge in [0.2, 0.25) is 5.91 Å². The predicted octanol–water partition coefficient (Wildman–Crippen LogP) is 3.90. The van der Waals surface area contributed by atoms with Gasteiger partial charge in [-0.1, -0.05) is 12.1 Å². The molecule has 4 heteroatoms. The Morgan fingerprint density at radius 2 is 2.11 bits per heavy atom. The molecule has 1 amide bonds. The second kappa shape index (κ2) is 4.66. The Balaban J connectivity index is 1.95. The van der Waals surface area contributed by atoms with Gasteiger partial charge in [0, 0.05) is 22.5 Å². The normalized spacial score (nSPS) is 15.7. The van der Waals surface area contributed by atoms with Crippen LogP contribution in [0.5, 0.6) is 0 Å². The summed E-state index contributed by atoms with van der Waals surface area (Å²) in [4.78, 5) is 15.8. The van der Waals surface area contributed by atoms with Crippen LogP contribution < -0.4 is 4.90 Å². The van der Waals surface area contributed by atoms with Crippen LogP contribution in [-0.4, -0.2) is 13.0 Å². The molecule has 1 atom stereocenters. The molecule has 2 nitrogen and oxygen atoms in total. The van der Waals surface area contributed by atoms with Crippen LogP contribution in [-0.2, 0) is 11.2 Å². The highest BCUT2D eigenvalue weighted by molar-refractivity contribution is 7.12. The van der Waals surface area contributed by atoms with Gasteiger partial charge in [0.15, 0.2) is 0 Å². The van der Waals surface area contributed by atoms with Crippen molar-refractivity contribution in [3.8, 4) is 0 Å². The number of fused-ring (bicyclic) bond motifs is 1. The summed E-state index contributed by atoms with van der Waals surface area (Å²) in [5, 5.41) is -0.134. The van der Waals surface area contributed by atoms with Gasteiger partial charge in [-0.15, -0.1) is 22.9 Å². The Bertz CT molecular complexity index is 649. The third-order valence-corrected chi connectivity index (χ3v) is 5.17. The van der Waals surface area contributed by atoms with Gasteiger partial charge in [0.25, 0.3) is 0 Å². The molecule has 98 valence electrons. The van der Waals surface area contributed by atoms with Crippen molar-refractivity contribution in [1.82, 2.24) is 0 Å². The lowest BCUT2D eigenvalue weighted by atomic mass is 10.0. The summed E-state index contributed by atoms with van der Waals surface area (Å²) in [6, 6.07) is 10.2. The molecule has 0 aliphatic carbocycles. The molecule has 1 unspecified atom stereocenters. The number of aryl methyl sites for hydroxylation is 1. The van der Waals surface area contributed by atoms with E-state index in [4.69, 9.17) is 11.6 Å². The Morgan fingerprint density at radius 3 is 2.79 bits per heavy atom. The van der Waals surface area contributed by atoms with Crippen molar-refractivity contribution < 1.29 is 4.79 Å². The molecule has 0 fully saturated rings. The smallest absolute Gasteiger partial charge is 0.231 e. The number of carbonyl (C=O) groups excluding carboxylic acids is 1. The molecule has 1 aliphatic rings. The number of hydrogen-bond acceptors (Lipinski definition) is 2. The molecule has 2 heterocycles. The van der Waals surface area contributed by atoms with E-state index in [-0.39, 0.29) is 11.3 Å². The molecule has 0 bridgehead atoms. The second-order valence-electron chi connectivity index (χ2n) is 4.83. The van der Waals surface area contributed by atoms with Crippen molar-refractivity contribution in [3.05, 3.63) is 51.2 Å². The summed E-state index contributed by atoms with van der Waals surface area (Å²) in [6.45, 7) is 2.08. The maximum absolute atomic E-state index is 11.7. The third kappa shape index (κ3) is 2.17. The third-order valence-electron chi connectivity index (χ3n) is 3.48. The number of rotatable bonds is 2. The van der Waals surface area contributed by atoms with Crippen LogP contribution in [0.4, 0.5) is 5.69 Å². The second-order valence-corrected chi connectivity index (χ2v) is 6.58. The first-order chi connectivity index (χ1) is 9.06. The maximum atomic E-state index is 11.7. The summed E-state index contributed by atoms with van der Waals surface area (Å²) in [6.07, 6.45) is 0.479. The molecular formula is C15H14ClNOS. The van der Waals surface area contributed by atoms with Gasteiger partial charge in [-0.05, 0) is 36.2 Å². The van der Waals surface area contributed by atoms with E-state index in [1.54, 1.807) is 16.2 Å². The highest BCUT2D eigenvalue weighted by atomic mass is 35.5. The fourth-order valence-electron chi connectivity index (χ4n) is 2.40. The molecule has 1 aliphatic heterocycles. The Kier molecular flexibility index (Phi) is 3.11. The van der Waals surface area contributed by atoms with Gasteiger partial charge in [0.1, 0.15) is 0 Å². The van der Waals surface area contributed by atoms with E-state index in [0.29, 0.717) is 6.42 Å². The fraction of sp³-hybridized carbons (Fsp3) is 0.267. The van der Waals surface area contributed by atoms with Gasteiger partial charge in [0.05, 0.1) is 11.8 Å². The van der Waals surface area contributed by atoms with E-state index in [1.807, 2.05) is 19.2 Å². The summed E-state index contributed by atoms with van der Waals surface area (Å²) < 4.78 is 0. The summed E-state index contributed by atoms with van der Waals surface area (Å²) in [5.41, 5.74) is 3.13. The van der Waals surface area contributed by atoms with Crippen LogP contribution in [0.2, 0.25) is 0 Å². The van der Waals surface area contributed by atoms with Crippen molar-refractivity contribution in [2.45, 2.75) is 18.7 Å². The summed E-state index contributed by atoms with van der Waals surface area (Å²) in [7, 11) is 1.81. The van der Waals surface area contributed by atoms with E-state index in [1.165, 1.54) is 4.88 Å². The van der Waals surface area contributed by atoms with Crippen molar-refractivity contribution in [1.29, 1.82) is 0 Å². The van der Waals surface area contributed by atoms with Crippen molar-refractivity contribution >= 4 is 34.5 Å². The molecule has 2 aromatic rings. The average molecular weight is 292 g/mol. The Morgan fingerprint density at radius 1 is 1.32 bits per heavy atom. The van der Waals surface area contributed by atoms with E-state index in [0.717, 1.165) is 21.7 Å². The van der Waals surface area contributed by atoms with Crippen LogP contribution >= 0.6 is 22.9 Å². The monoisotopic (exact) mass is 291 g/mol. The molecule has 1 aromatic carbocycles. The zero-order chi connectivity index (χ0) is 13.6. The van der Waals surface area contributed by atoms with E-state index < -0.39 is 0 Å². The van der Waals surface area contributed by atoms with Gasteiger partial charge >= 0.3 is 0 Å². The molecule has 0 N–H and O–H groups in total. The lowest BCUT2D eigenvalue weighted by Gasteiger charge is -2.12. The number of halogens is 1. The number of amides is 1. The van der Waals surface area contributed by atoms with Crippen LogP contribution in [0.25, 0.3) is 0 Å². The zero-order valence-electron chi connectivity index (χ0n) is 10.8. The minimum absolute atomic E-state index is 0.134. The van der Waals surface area contributed by atoms with Gasteiger partial charge in [-0.2, -0.15) is 0 Å². The first kappa shape index (κ1) is 12.7. The topological polar surface area (TPSA) is 20.3 Å². The Labute approximate surface area is 121 Å². The molecule has 19 heavy (non-hydrogen) atoms. The Hall–Kier alpha value is -1.32. The highest BCUT2D eigenvalue weighted by Gasteiger charge is 2.25. The van der Waals surface area contributed by atoms with Crippen LogP contribution in [0.3, 0.4) is 0 Å². The fourth-order valence-corrected chi connectivity index (χ4v) is 3.63. The number of anilines is 1. The van der Waals surface area contributed by atoms with E-state index in [9.17, 15) is 4.79 Å². The number of thiophene rings is 1. The minimum atomic E-state index is -0.134. The quantitative estimate of drug-likeness (QED) is 0.769. The van der Waals surface area contributed by atoms with Crippen LogP contribution in [0, 0.1) is 6.92 Å². The van der Waals surface area contributed by atoms with Crippen molar-refractivity contribution in [3.63, 3.8) is 0 Å². The van der Waals surface area contributed by atoms with E-state index in [2.05, 4.69) is 25.1 Å². The van der Waals surface area contributed by atoms with Crippen LogP contribution in [0.15, 0.2) is 30.3 Å². The molecule has 0 saturated heterocycles. The highest BCUT2D eigenvalue weighted by Crippen LogP contribution is 2.37. The maximum Gasteiger partial charge on any atom is 0.231 e. The average Bonchev–Trinajstić information content (AvgIpc) is 2.94. The van der Waals surface area contributed by atoms with Gasteiger partial charge in [-0.25, -0.2) is 0 Å². The standard InChI is InChI=1S/C15H14ClNOS/c1-9-3-6-13(19-9)15(16)10-4-5-12-11(7-10)8-14(18)17(12)2/h3-7,15H,8H2,1-2H3. The first-order valence-corrected chi connectivity index (χ1v) is 7.41. The number of hydrogen-bond donors (Lipinski definition) is 0. The van der Waals surface area contributed by atoms with Gasteiger partial charge < -0.3 is 4.90 Å². The molecule has 0 radical (unpaired) electrons. The number of nitrogens with zero attached hydrogens (tertiary/aromatic N) is 1. The number of likely N-dealkylation sites (N-methyl/N-ethyl adjacent to an activating group) is 1. The molecular weight excluding hydrogens is 278 g/mol. The number of alkyl halides is 1. The van der Waals surface area contributed by atoms with Crippen molar-refractivity contribution in [2.24, 2.45) is 0 Å². The van der Waals surface area contributed by atoms with E-state index >= 15 is 0 Å². The molecule has 0 spiro atoms. The number of carbonyl (C=O) groups is 1. The largest absolute Gasteiger partial charge is 0.315 e. The van der Waals surface area contributed by atoms with Gasteiger partial charge in [-0.3, -0.25) is 4.79 Å². The van der Waals surface area contributed by atoms with Crippen molar-refractivity contribution in [2.75, 3.05) is 11.9 Å². The lowest BCUT2D eigenvalue weighted by Crippen LogP contribution is -2.20. The zero-order valence-corrected chi connectivity index (χ0v) is 12.4. The lowest BCUT2D eigenvalue weighted by molar-refractivity contribution is -0.117. The SMILES string of the molecule is Cc1ccc(C(Cl)c2ccc3c(c2)CC(=O)N3C)s1. The molecule has 3 rings (SSSR count). The minimum Gasteiger partial charge on any atom is -0.315 e. The molecule has 1 aromatic heterocycles. The predicted molar refractivity (Wildman–Crippen MR) is 80.3 cm³/mol. The summed E-state index contributed by atoms with van der Waals surface area (Å²) in [5.74, 6) is 0.144.